The highest BCUT2D eigenvalue weighted by atomic mass is 32.1. The van der Waals surface area contributed by atoms with Gasteiger partial charge in [0.1, 0.15) is 28.3 Å². The average Bonchev–Trinajstić information content (AvgIpc) is 3.26. The van der Waals surface area contributed by atoms with Crippen molar-refractivity contribution in [1.82, 2.24) is 24.4 Å². The van der Waals surface area contributed by atoms with Crippen LogP contribution in [-0.4, -0.2) is 25.0 Å². The number of carbonyl (C=O) groups is 1. The minimum atomic E-state index is -0.649. The number of imidazole rings is 1. The van der Waals surface area contributed by atoms with Gasteiger partial charge in [-0.05, 0) is 43.0 Å². The zero-order valence-electron chi connectivity index (χ0n) is 18.5. The Balaban J connectivity index is 1.56. The molecule has 3 aromatic heterocycles. The van der Waals surface area contributed by atoms with E-state index < -0.39 is 11.9 Å². The van der Waals surface area contributed by atoms with Crippen LogP contribution in [0.15, 0.2) is 41.5 Å². The van der Waals surface area contributed by atoms with E-state index in [0.29, 0.717) is 38.6 Å². The number of aryl methyl sites for hydroxylation is 3. The SMILES string of the molecule is Cc1c(C(=O)NC(c2cccc(F)c2)c2nccn2C)sc2nc3n(c(=O)c12)CCCCC3. The number of nitrogens with one attached hydrogen (secondary N) is 1. The molecule has 7 nitrogen and oxygen atoms in total. The number of halogens is 1. The Morgan fingerprint density at radius 2 is 2.12 bits per heavy atom. The lowest BCUT2D eigenvalue weighted by Gasteiger charge is -2.19. The topological polar surface area (TPSA) is 81.8 Å². The number of nitrogens with zero attached hydrogens (tertiary/aromatic N) is 4. The van der Waals surface area contributed by atoms with E-state index in [1.165, 1.54) is 23.5 Å². The van der Waals surface area contributed by atoms with E-state index in [-0.39, 0.29) is 11.5 Å². The van der Waals surface area contributed by atoms with Crippen LogP contribution < -0.4 is 10.9 Å². The van der Waals surface area contributed by atoms with Crippen LogP contribution >= 0.6 is 11.3 Å². The molecule has 1 aromatic carbocycles. The summed E-state index contributed by atoms with van der Waals surface area (Å²) in [7, 11) is 1.82. The summed E-state index contributed by atoms with van der Waals surface area (Å²) in [6, 6.07) is 5.46. The molecule has 1 unspecified atom stereocenters. The molecule has 1 aliphatic rings. The number of benzene rings is 1. The second kappa shape index (κ2) is 8.55. The summed E-state index contributed by atoms with van der Waals surface area (Å²) in [6.07, 6.45) is 7.22. The van der Waals surface area contributed by atoms with Crippen LogP contribution in [0.4, 0.5) is 4.39 Å². The Kier molecular flexibility index (Phi) is 5.57. The largest absolute Gasteiger partial charge is 0.337 e. The Morgan fingerprint density at radius 3 is 2.88 bits per heavy atom. The van der Waals surface area contributed by atoms with Crippen molar-refractivity contribution in [2.45, 2.75) is 45.2 Å². The number of thiophene rings is 1. The maximum Gasteiger partial charge on any atom is 0.262 e. The molecule has 0 bridgehead atoms. The third-order valence-electron chi connectivity index (χ3n) is 6.19. The van der Waals surface area contributed by atoms with E-state index in [1.807, 2.05) is 7.05 Å². The molecule has 0 saturated heterocycles. The molecule has 0 saturated carbocycles. The molecule has 1 N–H and O–H groups in total. The number of rotatable bonds is 4. The van der Waals surface area contributed by atoms with Gasteiger partial charge in [-0.15, -0.1) is 11.3 Å². The molecule has 33 heavy (non-hydrogen) atoms. The van der Waals surface area contributed by atoms with E-state index in [0.717, 1.165) is 31.5 Å². The van der Waals surface area contributed by atoms with Crippen molar-refractivity contribution in [3.8, 4) is 0 Å². The van der Waals surface area contributed by atoms with E-state index in [9.17, 15) is 14.0 Å². The normalized spacial score (nSPS) is 14.6. The van der Waals surface area contributed by atoms with Crippen LogP contribution in [0.25, 0.3) is 10.2 Å². The molecule has 4 aromatic rings. The summed E-state index contributed by atoms with van der Waals surface area (Å²) >= 11 is 1.23. The first-order valence-electron chi connectivity index (χ1n) is 11.0. The molecule has 1 aliphatic heterocycles. The highest BCUT2D eigenvalue weighted by Gasteiger charge is 2.26. The van der Waals surface area contributed by atoms with Crippen LogP contribution in [0.5, 0.6) is 0 Å². The molecule has 9 heteroatoms. The van der Waals surface area contributed by atoms with Gasteiger partial charge in [-0.1, -0.05) is 18.6 Å². The van der Waals surface area contributed by atoms with Crippen LogP contribution in [-0.2, 0) is 20.0 Å². The van der Waals surface area contributed by atoms with Crippen LogP contribution in [0.3, 0.4) is 0 Å². The second-order valence-electron chi connectivity index (χ2n) is 8.39. The molecule has 4 heterocycles. The van der Waals surface area contributed by atoms with Gasteiger partial charge in [-0.3, -0.25) is 14.2 Å². The summed E-state index contributed by atoms with van der Waals surface area (Å²) in [4.78, 5) is 36.8. The van der Waals surface area contributed by atoms with Crippen LogP contribution in [0, 0.1) is 12.7 Å². The fraction of sp³-hybridized carbons (Fsp3) is 0.333. The molecule has 170 valence electrons. The van der Waals surface area contributed by atoms with Crippen molar-refractivity contribution in [2.24, 2.45) is 7.05 Å². The lowest BCUT2D eigenvalue weighted by molar-refractivity contribution is 0.0944. The van der Waals surface area contributed by atoms with Gasteiger partial charge >= 0.3 is 0 Å². The molecule has 0 spiro atoms. The quantitative estimate of drug-likeness (QED) is 0.496. The number of carbonyl (C=O) groups excluding carboxylic acids is 1. The van der Waals surface area contributed by atoms with Crippen LogP contribution in [0.2, 0.25) is 0 Å². The van der Waals surface area contributed by atoms with Gasteiger partial charge in [0.25, 0.3) is 11.5 Å². The van der Waals surface area contributed by atoms with E-state index in [4.69, 9.17) is 4.98 Å². The van der Waals surface area contributed by atoms with Crippen molar-refractivity contribution in [1.29, 1.82) is 0 Å². The maximum atomic E-state index is 14.0. The van der Waals surface area contributed by atoms with Gasteiger partial charge in [0.05, 0.1) is 10.3 Å². The van der Waals surface area contributed by atoms with Crippen molar-refractivity contribution >= 4 is 27.5 Å². The highest BCUT2D eigenvalue weighted by Crippen LogP contribution is 2.30. The smallest absolute Gasteiger partial charge is 0.262 e. The number of amides is 1. The standard InChI is InChI=1S/C24H24FN5O2S/c1-14-18-23(27-17-9-4-3-5-11-30(17)24(18)32)33-20(14)22(31)28-19(21-26-10-12-29(21)2)15-7-6-8-16(25)13-15/h6-8,10,12-13,19H,3-5,9,11H2,1-2H3,(H,28,31). The molecular formula is C24H24FN5O2S. The first kappa shape index (κ1) is 21.5. The predicted molar refractivity (Wildman–Crippen MR) is 125 cm³/mol. The number of hydrogen-bond acceptors (Lipinski definition) is 5. The number of hydrogen-bond donors (Lipinski definition) is 1. The zero-order valence-corrected chi connectivity index (χ0v) is 19.3. The fourth-order valence-corrected chi connectivity index (χ4v) is 5.56. The van der Waals surface area contributed by atoms with Gasteiger partial charge < -0.3 is 9.88 Å². The van der Waals surface area contributed by atoms with Gasteiger partial charge in [-0.2, -0.15) is 0 Å². The zero-order chi connectivity index (χ0) is 23.1. The third-order valence-corrected chi connectivity index (χ3v) is 7.38. The monoisotopic (exact) mass is 465 g/mol. The molecule has 0 fully saturated rings. The van der Waals surface area contributed by atoms with Gasteiger partial charge in [0.15, 0.2) is 0 Å². The molecule has 1 atom stereocenters. The summed E-state index contributed by atoms with van der Waals surface area (Å²) in [5, 5.41) is 3.52. The minimum Gasteiger partial charge on any atom is -0.337 e. The Labute approximate surface area is 193 Å². The Bertz CT molecular complexity index is 1420. The third kappa shape index (κ3) is 3.86. The molecule has 1 amide bonds. The van der Waals surface area contributed by atoms with E-state index >= 15 is 0 Å². The summed E-state index contributed by atoms with van der Waals surface area (Å²) in [5.41, 5.74) is 1.14. The number of fused-ring (bicyclic) bond motifs is 2. The fourth-order valence-electron chi connectivity index (χ4n) is 4.46. The van der Waals surface area contributed by atoms with Crippen molar-refractivity contribution in [3.05, 3.63) is 80.5 Å². The summed E-state index contributed by atoms with van der Waals surface area (Å²) in [5.74, 6) is 0.645. The van der Waals surface area contributed by atoms with E-state index in [2.05, 4.69) is 10.3 Å². The summed E-state index contributed by atoms with van der Waals surface area (Å²) in [6.45, 7) is 2.45. The highest BCUT2D eigenvalue weighted by molar-refractivity contribution is 7.20. The van der Waals surface area contributed by atoms with Crippen LogP contribution in [0.1, 0.15) is 57.8 Å². The van der Waals surface area contributed by atoms with Gasteiger partial charge in [0.2, 0.25) is 0 Å². The predicted octanol–water partition coefficient (Wildman–Crippen LogP) is 3.88. The first-order chi connectivity index (χ1) is 15.9. The first-order valence-corrected chi connectivity index (χ1v) is 11.8. The van der Waals surface area contributed by atoms with Gasteiger partial charge in [-0.25, -0.2) is 14.4 Å². The van der Waals surface area contributed by atoms with Crippen molar-refractivity contribution < 1.29 is 9.18 Å². The average molecular weight is 466 g/mol. The molecule has 5 rings (SSSR count). The minimum absolute atomic E-state index is 0.0736. The van der Waals surface area contributed by atoms with Crippen molar-refractivity contribution in [2.75, 3.05) is 0 Å². The van der Waals surface area contributed by atoms with Crippen molar-refractivity contribution in [3.63, 3.8) is 0 Å². The molecular weight excluding hydrogens is 441 g/mol. The molecule has 0 aliphatic carbocycles. The summed E-state index contributed by atoms with van der Waals surface area (Å²) < 4.78 is 17.5. The maximum absolute atomic E-state index is 14.0. The van der Waals surface area contributed by atoms with E-state index in [1.54, 1.807) is 40.6 Å². The van der Waals surface area contributed by atoms with Gasteiger partial charge in [0, 0.05) is 32.4 Å². The second-order valence-corrected chi connectivity index (χ2v) is 9.39. The Morgan fingerprint density at radius 1 is 1.27 bits per heavy atom. The molecule has 0 radical (unpaired) electrons. The lowest BCUT2D eigenvalue weighted by atomic mass is 10.1. The Hall–Kier alpha value is -3.33. The number of aromatic nitrogens is 4. The lowest BCUT2D eigenvalue weighted by Crippen LogP contribution is -2.31.